The minimum Gasteiger partial charge on any atom is -0.315 e. The lowest BCUT2D eigenvalue weighted by Crippen LogP contribution is -2.02. The third-order valence-electron chi connectivity index (χ3n) is 2.63. The zero-order valence-electron chi connectivity index (χ0n) is 10.0. The molecule has 0 aliphatic heterocycles. The van der Waals surface area contributed by atoms with Crippen LogP contribution in [0.1, 0.15) is 16.3 Å². The van der Waals surface area contributed by atoms with Gasteiger partial charge in [0.1, 0.15) is 5.01 Å². The summed E-state index contributed by atoms with van der Waals surface area (Å²) in [5, 5.41) is 8.61. The molecule has 86 valence electrons. The summed E-state index contributed by atoms with van der Waals surface area (Å²) >= 11 is 1.73. The van der Waals surface area contributed by atoms with Gasteiger partial charge in [0, 0.05) is 30.4 Å². The van der Waals surface area contributed by atoms with Crippen LogP contribution in [0.5, 0.6) is 0 Å². The highest BCUT2D eigenvalue weighted by molar-refractivity contribution is 7.15. The Bertz CT molecular complexity index is 498. The van der Waals surface area contributed by atoms with Crippen LogP contribution in [0.2, 0.25) is 0 Å². The molecule has 0 saturated carbocycles. The lowest BCUT2D eigenvalue weighted by molar-refractivity contribution is 0.731. The molecule has 0 aliphatic rings. The lowest BCUT2D eigenvalue weighted by atomic mass is 10.2. The quantitative estimate of drug-likeness (QED) is 0.885. The van der Waals surface area contributed by atoms with Gasteiger partial charge >= 0.3 is 0 Å². The largest absolute Gasteiger partial charge is 0.315 e. The maximum atomic E-state index is 4.47. The number of thiazole rings is 1. The van der Waals surface area contributed by atoms with Crippen LogP contribution >= 0.6 is 11.3 Å². The zero-order valence-corrected chi connectivity index (χ0v) is 10.9. The van der Waals surface area contributed by atoms with E-state index in [1.807, 2.05) is 31.9 Å². The Morgan fingerprint density at radius 3 is 2.75 bits per heavy atom. The predicted molar refractivity (Wildman–Crippen MR) is 66.6 cm³/mol. The van der Waals surface area contributed by atoms with Gasteiger partial charge in [0.15, 0.2) is 0 Å². The number of nitrogens with one attached hydrogen (secondary N) is 1. The summed E-state index contributed by atoms with van der Waals surface area (Å²) in [6.45, 7) is 4.98. The van der Waals surface area contributed by atoms with Crippen LogP contribution in [0.15, 0.2) is 6.20 Å². The van der Waals surface area contributed by atoms with Gasteiger partial charge in [-0.1, -0.05) is 0 Å². The maximum absolute atomic E-state index is 4.47. The fourth-order valence-electron chi connectivity index (χ4n) is 1.76. The van der Waals surface area contributed by atoms with Crippen LogP contribution in [-0.4, -0.2) is 21.8 Å². The Morgan fingerprint density at radius 1 is 1.44 bits per heavy atom. The van der Waals surface area contributed by atoms with Gasteiger partial charge in [0.05, 0.1) is 11.3 Å². The molecule has 2 heterocycles. The number of hydrogen-bond acceptors (Lipinski definition) is 4. The van der Waals surface area contributed by atoms with E-state index in [-0.39, 0.29) is 0 Å². The maximum Gasteiger partial charge on any atom is 0.127 e. The van der Waals surface area contributed by atoms with E-state index in [0.717, 1.165) is 17.2 Å². The van der Waals surface area contributed by atoms with E-state index in [0.29, 0.717) is 0 Å². The third kappa shape index (κ3) is 1.88. The summed E-state index contributed by atoms with van der Waals surface area (Å²) in [7, 11) is 3.91. The van der Waals surface area contributed by atoms with Gasteiger partial charge in [-0.3, -0.25) is 4.68 Å². The van der Waals surface area contributed by atoms with Crippen molar-refractivity contribution in [2.24, 2.45) is 7.05 Å². The molecule has 0 fully saturated rings. The first-order valence-corrected chi connectivity index (χ1v) is 6.05. The smallest absolute Gasteiger partial charge is 0.127 e. The van der Waals surface area contributed by atoms with Crippen molar-refractivity contribution in [3.63, 3.8) is 0 Å². The van der Waals surface area contributed by atoms with Crippen LogP contribution in [0, 0.1) is 13.8 Å². The van der Waals surface area contributed by atoms with E-state index in [9.17, 15) is 0 Å². The van der Waals surface area contributed by atoms with E-state index in [1.54, 1.807) is 11.3 Å². The fourth-order valence-corrected chi connectivity index (χ4v) is 2.84. The molecular weight excluding hydrogens is 220 g/mol. The summed E-state index contributed by atoms with van der Waals surface area (Å²) < 4.78 is 1.91. The molecule has 1 N–H and O–H groups in total. The van der Waals surface area contributed by atoms with Gasteiger partial charge in [0.2, 0.25) is 0 Å². The number of aryl methyl sites for hydroxylation is 2. The van der Waals surface area contributed by atoms with Gasteiger partial charge in [0.25, 0.3) is 0 Å². The van der Waals surface area contributed by atoms with Gasteiger partial charge in [-0.2, -0.15) is 5.10 Å². The number of hydrogen-bond donors (Lipinski definition) is 1. The monoisotopic (exact) mass is 236 g/mol. The molecule has 2 aromatic heterocycles. The first kappa shape index (κ1) is 11.3. The van der Waals surface area contributed by atoms with Gasteiger partial charge in [-0.25, -0.2) is 4.98 Å². The molecule has 4 nitrogen and oxygen atoms in total. The van der Waals surface area contributed by atoms with Crippen LogP contribution in [-0.2, 0) is 13.6 Å². The minimum atomic E-state index is 0.871. The minimum absolute atomic E-state index is 0.871. The second-order valence-corrected chi connectivity index (χ2v) is 4.95. The Labute approximate surface area is 99.3 Å². The number of nitrogens with zero attached hydrogens (tertiary/aromatic N) is 3. The van der Waals surface area contributed by atoms with Gasteiger partial charge in [-0.15, -0.1) is 11.3 Å². The molecule has 0 atom stereocenters. The molecule has 0 radical (unpaired) electrons. The van der Waals surface area contributed by atoms with Crippen LogP contribution < -0.4 is 5.32 Å². The molecule has 5 heteroatoms. The Kier molecular flexibility index (Phi) is 3.07. The first-order valence-electron chi connectivity index (χ1n) is 5.23. The molecule has 16 heavy (non-hydrogen) atoms. The summed E-state index contributed by atoms with van der Waals surface area (Å²) in [4.78, 5) is 5.72. The number of rotatable bonds is 3. The third-order valence-corrected chi connectivity index (χ3v) is 3.64. The predicted octanol–water partition coefficient (Wildman–Crippen LogP) is 1.88. The number of aromatic nitrogens is 3. The van der Waals surface area contributed by atoms with E-state index in [4.69, 9.17) is 0 Å². The van der Waals surface area contributed by atoms with Crippen molar-refractivity contribution in [3.05, 3.63) is 22.5 Å². The van der Waals surface area contributed by atoms with E-state index in [1.165, 1.54) is 16.1 Å². The first-order chi connectivity index (χ1) is 7.63. The zero-order chi connectivity index (χ0) is 11.7. The van der Waals surface area contributed by atoms with Crippen molar-refractivity contribution >= 4 is 11.3 Å². The Morgan fingerprint density at radius 2 is 2.19 bits per heavy atom. The molecule has 0 saturated heterocycles. The van der Waals surface area contributed by atoms with E-state index < -0.39 is 0 Å². The Balaban J connectivity index is 2.42. The molecule has 2 aromatic rings. The second kappa shape index (κ2) is 4.35. The van der Waals surface area contributed by atoms with Crippen molar-refractivity contribution in [1.29, 1.82) is 0 Å². The molecule has 0 bridgehead atoms. The van der Waals surface area contributed by atoms with Gasteiger partial charge < -0.3 is 5.32 Å². The molecule has 0 spiro atoms. The molecule has 2 rings (SSSR count). The van der Waals surface area contributed by atoms with Crippen molar-refractivity contribution < 1.29 is 0 Å². The topological polar surface area (TPSA) is 42.7 Å². The standard InChI is InChI=1S/C11H16N4S/c1-7-10(8(2)15(4)14-7)11-13-6-9(16-11)5-12-3/h6,12H,5H2,1-4H3. The van der Waals surface area contributed by atoms with Crippen LogP contribution in [0.3, 0.4) is 0 Å². The molecule has 0 amide bonds. The van der Waals surface area contributed by atoms with Crippen molar-refractivity contribution in [2.45, 2.75) is 20.4 Å². The molecular formula is C11H16N4S. The van der Waals surface area contributed by atoms with Crippen LogP contribution in [0.4, 0.5) is 0 Å². The summed E-state index contributed by atoms with van der Waals surface area (Å²) in [6, 6.07) is 0. The van der Waals surface area contributed by atoms with Gasteiger partial charge in [-0.05, 0) is 20.9 Å². The van der Waals surface area contributed by atoms with Crippen molar-refractivity contribution in [2.75, 3.05) is 7.05 Å². The SMILES string of the molecule is CNCc1cnc(-c2c(C)nn(C)c2C)s1. The second-order valence-electron chi connectivity index (χ2n) is 3.83. The summed E-state index contributed by atoms with van der Waals surface area (Å²) in [5.74, 6) is 0. The van der Waals surface area contributed by atoms with Crippen molar-refractivity contribution in [3.8, 4) is 10.6 Å². The normalized spacial score (nSPS) is 11.0. The van der Waals surface area contributed by atoms with Crippen molar-refractivity contribution in [1.82, 2.24) is 20.1 Å². The average molecular weight is 236 g/mol. The summed E-state index contributed by atoms with van der Waals surface area (Å²) in [6.07, 6.45) is 1.93. The Hall–Kier alpha value is -1.20. The lowest BCUT2D eigenvalue weighted by Gasteiger charge is -1.96. The average Bonchev–Trinajstić information content (AvgIpc) is 2.75. The highest BCUT2D eigenvalue weighted by Gasteiger charge is 2.14. The highest BCUT2D eigenvalue weighted by Crippen LogP contribution is 2.30. The van der Waals surface area contributed by atoms with Crippen LogP contribution in [0.25, 0.3) is 10.6 Å². The van der Waals surface area contributed by atoms with E-state index >= 15 is 0 Å². The summed E-state index contributed by atoms with van der Waals surface area (Å²) in [5.41, 5.74) is 3.39. The molecule has 0 aromatic carbocycles. The molecule has 0 unspecified atom stereocenters. The van der Waals surface area contributed by atoms with E-state index in [2.05, 4.69) is 22.3 Å². The fraction of sp³-hybridized carbons (Fsp3) is 0.455. The highest BCUT2D eigenvalue weighted by atomic mass is 32.1. The molecule has 0 aliphatic carbocycles.